The smallest absolute Gasteiger partial charge is 0.259 e. The lowest BCUT2D eigenvalue weighted by molar-refractivity contribution is 0.203. The Bertz CT molecular complexity index is 1140. The molecule has 1 aliphatic heterocycles. The predicted molar refractivity (Wildman–Crippen MR) is 155 cm³/mol. The fourth-order valence-corrected chi connectivity index (χ4v) is 5.73. The van der Waals surface area contributed by atoms with Gasteiger partial charge in [-0.1, -0.05) is 54.6 Å². The molecule has 37 heavy (non-hydrogen) atoms. The second-order valence-corrected chi connectivity index (χ2v) is 10.9. The summed E-state index contributed by atoms with van der Waals surface area (Å²) in [7, 11) is 0. The Hall–Kier alpha value is -2.51. The van der Waals surface area contributed by atoms with Crippen molar-refractivity contribution in [3.05, 3.63) is 94.6 Å². The average molecular weight is 521 g/mol. The van der Waals surface area contributed by atoms with E-state index in [1.54, 1.807) is 0 Å². The number of likely N-dealkylation sites (tertiary alicyclic amines) is 1. The van der Waals surface area contributed by atoms with Gasteiger partial charge in [-0.15, -0.1) is 0 Å². The van der Waals surface area contributed by atoms with Crippen LogP contribution in [0.25, 0.3) is 5.57 Å². The molecule has 2 fully saturated rings. The summed E-state index contributed by atoms with van der Waals surface area (Å²) in [5.41, 5.74) is 7.70. The summed E-state index contributed by atoms with van der Waals surface area (Å²) >= 11 is -2.11. The van der Waals surface area contributed by atoms with Crippen molar-refractivity contribution >= 4 is 22.5 Å². The zero-order valence-electron chi connectivity index (χ0n) is 22.0. The molecular weight excluding hydrogens is 480 g/mol. The molecule has 0 radical (unpaired) electrons. The molecule has 0 amide bonds. The topological polar surface area (TPSA) is 72.8 Å². The molecule has 1 unspecified atom stereocenters. The van der Waals surface area contributed by atoms with Crippen LogP contribution in [-0.2, 0) is 11.3 Å². The Balaban J connectivity index is 1.68. The molecule has 2 aliphatic rings. The van der Waals surface area contributed by atoms with Gasteiger partial charge >= 0.3 is 0 Å². The Kier molecular flexibility index (Phi) is 9.92. The van der Waals surface area contributed by atoms with Gasteiger partial charge in [0.2, 0.25) is 0 Å². The van der Waals surface area contributed by atoms with Gasteiger partial charge in [-0.3, -0.25) is 9.27 Å². The lowest BCUT2D eigenvalue weighted by Gasteiger charge is -2.32. The molecule has 3 N–H and O–H groups in total. The monoisotopic (exact) mass is 520 g/mol. The molecule has 0 bridgehead atoms. The first-order valence-corrected chi connectivity index (χ1v) is 14.6. The Labute approximate surface area is 224 Å². The van der Waals surface area contributed by atoms with Gasteiger partial charge in [0.25, 0.3) is 11.3 Å². The Morgan fingerprint density at radius 1 is 1.03 bits per heavy atom. The summed E-state index contributed by atoms with van der Waals surface area (Å²) in [5.74, 6) is 0.617. The maximum atomic E-state index is 11.2. The summed E-state index contributed by atoms with van der Waals surface area (Å²) in [4.78, 5) is 2.67. The van der Waals surface area contributed by atoms with Crippen LogP contribution in [0.1, 0.15) is 75.0 Å². The average Bonchev–Trinajstić information content (AvgIpc) is 3.76. The van der Waals surface area contributed by atoms with Gasteiger partial charge in [0, 0.05) is 18.3 Å². The number of piperidine rings is 1. The number of rotatable bonds is 11. The molecule has 198 valence electrons. The van der Waals surface area contributed by atoms with Crippen LogP contribution in [0.3, 0.4) is 0 Å². The van der Waals surface area contributed by atoms with E-state index in [0.29, 0.717) is 18.0 Å². The molecule has 6 heteroatoms. The minimum atomic E-state index is -2.11. The molecular formula is C31H40N2O3S. The van der Waals surface area contributed by atoms with Crippen molar-refractivity contribution in [1.29, 1.82) is 0 Å². The van der Waals surface area contributed by atoms with Gasteiger partial charge in [-0.05, 0) is 117 Å². The fourth-order valence-electron chi connectivity index (χ4n) is 5.40. The van der Waals surface area contributed by atoms with Crippen LogP contribution < -0.4 is 4.72 Å². The van der Waals surface area contributed by atoms with E-state index in [4.69, 9.17) is 0 Å². The van der Waals surface area contributed by atoms with Crippen molar-refractivity contribution in [2.24, 2.45) is 0 Å². The van der Waals surface area contributed by atoms with E-state index in [2.05, 4.69) is 46.9 Å². The number of nitrogens with zero attached hydrogens (tertiary/aromatic N) is 1. The predicted octanol–water partition coefficient (Wildman–Crippen LogP) is 6.67. The molecule has 1 saturated heterocycles. The number of nitrogens with one attached hydrogen (secondary N) is 1. The third kappa shape index (κ3) is 7.51. The molecule has 1 atom stereocenters. The molecule has 2 aromatic carbocycles. The van der Waals surface area contributed by atoms with E-state index in [-0.39, 0.29) is 6.61 Å². The highest BCUT2D eigenvalue weighted by molar-refractivity contribution is 7.80. The molecule has 5 nitrogen and oxygen atoms in total. The first-order chi connectivity index (χ1) is 18.0. The number of hydrogen-bond donors (Lipinski definition) is 3. The highest BCUT2D eigenvalue weighted by Gasteiger charge is 2.32. The van der Waals surface area contributed by atoms with E-state index >= 15 is 0 Å². The maximum Gasteiger partial charge on any atom is 0.259 e. The minimum absolute atomic E-state index is 0.136. The quantitative estimate of drug-likeness (QED) is 0.228. The third-order valence-electron chi connectivity index (χ3n) is 7.54. The number of anilines is 1. The Morgan fingerprint density at radius 2 is 1.65 bits per heavy atom. The van der Waals surface area contributed by atoms with Crippen LogP contribution in [0.2, 0.25) is 0 Å². The van der Waals surface area contributed by atoms with Gasteiger partial charge in [-0.2, -0.15) is 0 Å². The number of allylic oxidation sites excluding steroid dienone is 5. The SMILES string of the molecule is C\C=C/C=C(C)/C(CCCO)=C(/c1ccc(NS(=O)O)cc1)c1ccc(C2CCN(C3CC3)CC2)cc1. The largest absolute Gasteiger partial charge is 0.396 e. The van der Waals surface area contributed by atoms with Gasteiger partial charge in [-0.25, -0.2) is 4.21 Å². The van der Waals surface area contributed by atoms with Crippen LogP contribution in [0.5, 0.6) is 0 Å². The fraction of sp³-hybridized carbons (Fsp3) is 0.419. The summed E-state index contributed by atoms with van der Waals surface area (Å²) in [6.07, 6.45) is 12.8. The van der Waals surface area contributed by atoms with Crippen LogP contribution in [0.15, 0.2) is 77.9 Å². The highest BCUT2D eigenvalue weighted by atomic mass is 32.2. The van der Waals surface area contributed by atoms with Crippen molar-refractivity contribution in [1.82, 2.24) is 4.90 Å². The second-order valence-electron chi connectivity index (χ2n) is 10.1. The molecule has 4 rings (SSSR count). The lowest BCUT2D eigenvalue weighted by Crippen LogP contribution is -2.34. The summed E-state index contributed by atoms with van der Waals surface area (Å²) < 4.78 is 22.9. The van der Waals surface area contributed by atoms with E-state index in [1.165, 1.54) is 49.9 Å². The zero-order chi connectivity index (χ0) is 26.2. The van der Waals surface area contributed by atoms with Gasteiger partial charge in [0.05, 0.1) is 0 Å². The van der Waals surface area contributed by atoms with Crippen molar-refractivity contribution < 1.29 is 13.9 Å². The van der Waals surface area contributed by atoms with Crippen molar-refractivity contribution in [2.75, 3.05) is 24.4 Å². The molecule has 1 saturated carbocycles. The third-order valence-corrected chi connectivity index (χ3v) is 7.95. The maximum absolute atomic E-state index is 11.2. The number of aliphatic hydroxyl groups excluding tert-OH is 1. The van der Waals surface area contributed by atoms with E-state index in [1.807, 2.05) is 43.3 Å². The van der Waals surface area contributed by atoms with E-state index in [0.717, 1.165) is 34.7 Å². The molecule has 1 heterocycles. The minimum Gasteiger partial charge on any atom is -0.396 e. The van der Waals surface area contributed by atoms with Gasteiger partial charge < -0.3 is 10.0 Å². The zero-order valence-corrected chi connectivity index (χ0v) is 22.8. The first-order valence-electron chi connectivity index (χ1n) is 13.5. The van der Waals surface area contributed by atoms with Gasteiger partial charge in [0.1, 0.15) is 0 Å². The van der Waals surface area contributed by atoms with Crippen LogP contribution in [-0.4, -0.2) is 44.5 Å². The number of hydrogen-bond acceptors (Lipinski definition) is 3. The van der Waals surface area contributed by atoms with Crippen molar-refractivity contribution in [3.63, 3.8) is 0 Å². The van der Waals surface area contributed by atoms with E-state index < -0.39 is 11.3 Å². The van der Waals surface area contributed by atoms with Crippen molar-refractivity contribution in [3.8, 4) is 0 Å². The van der Waals surface area contributed by atoms with Crippen LogP contribution >= 0.6 is 0 Å². The Morgan fingerprint density at radius 3 is 2.19 bits per heavy atom. The van der Waals surface area contributed by atoms with Crippen molar-refractivity contribution in [2.45, 2.75) is 64.3 Å². The first kappa shape index (κ1) is 27.5. The lowest BCUT2D eigenvalue weighted by atomic mass is 9.85. The standard InChI is InChI=1S/C31H40N2O3S/c1-3-4-6-23(2)30(7-5-22-34)31(27-12-14-28(15-13-27)32-37(35)36)26-10-8-24(9-11-26)25-18-20-33(21-19-25)29-16-17-29/h3-4,6,8-15,25,29,32,34H,5,7,16-22H2,1-2H3,(H,35,36)/b4-3-,23-6+,31-30+. The summed E-state index contributed by atoms with van der Waals surface area (Å²) in [6.45, 7) is 6.69. The number of benzene rings is 2. The molecule has 0 aromatic heterocycles. The van der Waals surface area contributed by atoms with E-state index in [9.17, 15) is 13.9 Å². The number of aliphatic hydroxyl groups is 1. The molecule has 1 aliphatic carbocycles. The van der Waals surface area contributed by atoms with Gasteiger partial charge in [0.15, 0.2) is 0 Å². The highest BCUT2D eigenvalue weighted by Crippen LogP contribution is 2.37. The van der Waals surface area contributed by atoms with Crippen LogP contribution in [0.4, 0.5) is 5.69 Å². The molecule has 0 spiro atoms. The normalized spacial score (nSPS) is 19.2. The summed E-state index contributed by atoms with van der Waals surface area (Å²) in [5, 5.41) is 9.63. The summed E-state index contributed by atoms with van der Waals surface area (Å²) in [6, 6.07) is 17.6. The second kappa shape index (κ2) is 13.3. The molecule has 2 aromatic rings. The van der Waals surface area contributed by atoms with Crippen LogP contribution in [0, 0.1) is 0 Å².